The number of para-hydroxylation sites is 1. The third-order valence-corrected chi connectivity index (χ3v) is 8.35. The minimum atomic E-state index is -4.17. The Morgan fingerprint density at radius 2 is 1.59 bits per heavy atom. The van der Waals surface area contributed by atoms with E-state index in [-0.39, 0.29) is 34.1 Å². The van der Waals surface area contributed by atoms with Crippen LogP contribution in [-0.2, 0) is 26.2 Å². The molecule has 0 aliphatic rings. The highest BCUT2D eigenvalue weighted by Gasteiger charge is 2.34. The summed E-state index contributed by atoms with van der Waals surface area (Å²) in [6.45, 7) is 8.96. The normalized spacial score (nSPS) is 12.2. The number of aryl methyl sites for hydroxylation is 2. The number of halogens is 1. The van der Waals surface area contributed by atoms with E-state index in [0.717, 1.165) is 21.0 Å². The molecule has 0 radical (unpaired) electrons. The van der Waals surface area contributed by atoms with Gasteiger partial charge in [-0.1, -0.05) is 78.2 Å². The molecule has 9 heteroatoms. The Balaban J connectivity index is 2.08. The van der Waals surface area contributed by atoms with Crippen LogP contribution in [0.2, 0.25) is 5.02 Å². The van der Waals surface area contributed by atoms with E-state index >= 15 is 0 Å². The van der Waals surface area contributed by atoms with Gasteiger partial charge in [-0.2, -0.15) is 0 Å². The van der Waals surface area contributed by atoms with E-state index in [0.29, 0.717) is 6.42 Å². The van der Waals surface area contributed by atoms with Crippen LogP contribution < -0.4 is 9.62 Å². The number of benzene rings is 3. The third-order valence-electron chi connectivity index (χ3n) is 6.26. The van der Waals surface area contributed by atoms with Crippen molar-refractivity contribution in [1.82, 2.24) is 10.2 Å². The summed E-state index contributed by atoms with van der Waals surface area (Å²) in [5, 5.41) is 3.09. The first-order valence-corrected chi connectivity index (χ1v) is 14.7. The minimum Gasteiger partial charge on any atom is -0.352 e. The number of amides is 2. The largest absolute Gasteiger partial charge is 0.352 e. The fourth-order valence-electron chi connectivity index (χ4n) is 4.31. The molecule has 3 aromatic rings. The zero-order valence-corrected chi connectivity index (χ0v) is 24.6. The lowest BCUT2D eigenvalue weighted by Crippen LogP contribution is -2.53. The van der Waals surface area contributed by atoms with Crippen LogP contribution in [0.15, 0.2) is 77.7 Å². The number of hydrogen-bond donors (Lipinski definition) is 1. The maximum absolute atomic E-state index is 14.0. The second-order valence-electron chi connectivity index (χ2n) is 9.87. The molecule has 0 heterocycles. The van der Waals surface area contributed by atoms with Crippen molar-refractivity contribution in [3.63, 3.8) is 0 Å². The average molecular weight is 570 g/mol. The van der Waals surface area contributed by atoms with Gasteiger partial charge in [0, 0.05) is 12.6 Å². The first-order chi connectivity index (χ1) is 18.4. The average Bonchev–Trinajstić information content (AvgIpc) is 2.87. The summed E-state index contributed by atoms with van der Waals surface area (Å²) in [5.74, 6) is -0.808. The Morgan fingerprint density at radius 1 is 0.923 bits per heavy atom. The van der Waals surface area contributed by atoms with Gasteiger partial charge < -0.3 is 10.2 Å². The lowest BCUT2D eigenvalue weighted by Gasteiger charge is -2.33. The number of anilines is 1. The molecular weight excluding hydrogens is 534 g/mol. The molecule has 0 spiro atoms. The van der Waals surface area contributed by atoms with Gasteiger partial charge >= 0.3 is 0 Å². The summed E-state index contributed by atoms with van der Waals surface area (Å²) >= 11 is 6.45. The molecule has 2 amide bonds. The van der Waals surface area contributed by atoms with Gasteiger partial charge in [-0.3, -0.25) is 13.9 Å². The second-order valence-corrected chi connectivity index (χ2v) is 12.1. The van der Waals surface area contributed by atoms with Crippen LogP contribution in [0.3, 0.4) is 0 Å². The van der Waals surface area contributed by atoms with Crippen molar-refractivity contribution < 1.29 is 18.0 Å². The van der Waals surface area contributed by atoms with Crippen molar-refractivity contribution in [2.24, 2.45) is 0 Å². The van der Waals surface area contributed by atoms with E-state index in [4.69, 9.17) is 11.6 Å². The van der Waals surface area contributed by atoms with Crippen molar-refractivity contribution in [2.75, 3.05) is 10.8 Å². The molecule has 3 aromatic carbocycles. The van der Waals surface area contributed by atoms with Crippen molar-refractivity contribution in [2.45, 2.75) is 64.6 Å². The Kier molecular flexibility index (Phi) is 10.2. The van der Waals surface area contributed by atoms with Crippen LogP contribution in [0.4, 0.5) is 5.69 Å². The highest BCUT2D eigenvalue weighted by molar-refractivity contribution is 7.92. The molecule has 0 aromatic heterocycles. The molecule has 39 heavy (non-hydrogen) atoms. The number of carbonyl (C=O) groups excluding carboxylic acids is 2. The van der Waals surface area contributed by atoms with E-state index in [1.54, 1.807) is 36.4 Å². The number of carbonyl (C=O) groups is 2. The van der Waals surface area contributed by atoms with Crippen LogP contribution in [0, 0.1) is 13.8 Å². The maximum Gasteiger partial charge on any atom is 0.264 e. The van der Waals surface area contributed by atoms with Crippen LogP contribution in [0.25, 0.3) is 0 Å². The molecule has 1 unspecified atom stereocenters. The number of nitrogens with zero attached hydrogens (tertiary/aromatic N) is 2. The van der Waals surface area contributed by atoms with Gasteiger partial charge in [-0.05, 0) is 63.9 Å². The molecule has 0 saturated heterocycles. The summed E-state index contributed by atoms with van der Waals surface area (Å²) in [6, 6.07) is 19.7. The number of nitrogens with one attached hydrogen (secondary N) is 1. The van der Waals surface area contributed by atoms with Gasteiger partial charge in [0.2, 0.25) is 11.8 Å². The first kappa shape index (κ1) is 30.2. The monoisotopic (exact) mass is 569 g/mol. The smallest absolute Gasteiger partial charge is 0.264 e. The van der Waals surface area contributed by atoms with Gasteiger partial charge in [0.25, 0.3) is 10.0 Å². The van der Waals surface area contributed by atoms with Crippen LogP contribution in [-0.4, -0.2) is 43.8 Å². The van der Waals surface area contributed by atoms with E-state index in [9.17, 15) is 18.0 Å². The van der Waals surface area contributed by atoms with Gasteiger partial charge in [-0.15, -0.1) is 0 Å². The summed E-state index contributed by atoms with van der Waals surface area (Å²) < 4.78 is 28.8. The number of hydrogen-bond acceptors (Lipinski definition) is 4. The summed E-state index contributed by atoms with van der Waals surface area (Å²) in [4.78, 5) is 28.7. The molecule has 3 rings (SSSR count). The van der Waals surface area contributed by atoms with Gasteiger partial charge in [0.05, 0.1) is 15.6 Å². The highest BCUT2D eigenvalue weighted by Crippen LogP contribution is 2.31. The first-order valence-electron chi connectivity index (χ1n) is 12.9. The van der Waals surface area contributed by atoms with Crippen molar-refractivity contribution >= 4 is 39.1 Å². The molecule has 0 aliphatic carbocycles. The van der Waals surface area contributed by atoms with Gasteiger partial charge in [0.1, 0.15) is 12.6 Å². The van der Waals surface area contributed by atoms with Crippen molar-refractivity contribution in [3.8, 4) is 0 Å². The molecule has 1 N–H and O–H groups in total. The third kappa shape index (κ3) is 7.61. The molecule has 0 saturated carbocycles. The standard InChI is InChI=1S/C30H36ClN3O4S/c1-6-27(30(36)32-21(2)3)33(19-24-11-9-10-23(5)18-24)29(35)20-34(28-13-8-7-12-26(28)31)39(37,38)25-16-14-22(4)15-17-25/h7-18,21,27H,6,19-20H2,1-5H3,(H,32,36). The Morgan fingerprint density at radius 3 is 2.18 bits per heavy atom. The Labute approximate surface area is 236 Å². The summed E-state index contributed by atoms with van der Waals surface area (Å²) in [7, 11) is -4.17. The molecule has 1 atom stereocenters. The van der Waals surface area contributed by atoms with Crippen LogP contribution in [0.1, 0.15) is 43.9 Å². The zero-order valence-electron chi connectivity index (χ0n) is 23.0. The SMILES string of the molecule is CCC(C(=O)NC(C)C)N(Cc1cccc(C)c1)C(=O)CN(c1ccccc1Cl)S(=O)(=O)c1ccc(C)cc1. The van der Waals surface area contributed by atoms with E-state index in [2.05, 4.69) is 5.32 Å². The lowest BCUT2D eigenvalue weighted by molar-refractivity contribution is -0.140. The number of rotatable bonds is 11. The Hall–Kier alpha value is -3.36. The quantitative estimate of drug-likeness (QED) is 0.331. The fourth-order valence-corrected chi connectivity index (χ4v) is 6.03. The van der Waals surface area contributed by atoms with Crippen molar-refractivity contribution in [3.05, 3.63) is 94.5 Å². The topological polar surface area (TPSA) is 86.8 Å². The molecule has 7 nitrogen and oxygen atoms in total. The highest BCUT2D eigenvalue weighted by atomic mass is 35.5. The maximum atomic E-state index is 14.0. The van der Waals surface area contributed by atoms with Crippen LogP contribution in [0.5, 0.6) is 0 Å². The predicted molar refractivity (Wildman–Crippen MR) is 156 cm³/mol. The molecular formula is C30H36ClN3O4S. The van der Waals surface area contributed by atoms with Crippen LogP contribution >= 0.6 is 11.6 Å². The van der Waals surface area contributed by atoms with Crippen molar-refractivity contribution in [1.29, 1.82) is 0 Å². The molecule has 0 fully saturated rings. The lowest BCUT2D eigenvalue weighted by atomic mass is 10.1. The molecule has 208 valence electrons. The Bertz CT molecular complexity index is 1410. The minimum absolute atomic E-state index is 0.0376. The van der Waals surface area contributed by atoms with E-state index in [1.807, 2.05) is 58.9 Å². The fraction of sp³-hybridized carbons (Fsp3) is 0.333. The van der Waals surface area contributed by atoms with Gasteiger partial charge in [0.15, 0.2) is 0 Å². The summed E-state index contributed by atoms with van der Waals surface area (Å²) in [5.41, 5.74) is 2.94. The van der Waals surface area contributed by atoms with E-state index in [1.165, 1.54) is 17.0 Å². The molecule has 0 bridgehead atoms. The molecule has 0 aliphatic heterocycles. The number of sulfonamides is 1. The van der Waals surface area contributed by atoms with Gasteiger partial charge in [-0.25, -0.2) is 8.42 Å². The second kappa shape index (κ2) is 13.1. The summed E-state index contributed by atoms with van der Waals surface area (Å²) in [6.07, 6.45) is 0.354. The zero-order chi connectivity index (χ0) is 28.7. The van der Waals surface area contributed by atoms with E-state index < -0.39 is 28.5 Å². The predicted octanol–water partition coefficient (Wildman–Crippen LogP) is 5.48.